The zero-order valence-electron chi connectivity index (χ0n) is 16.4. The van der Waals surface area contributed by atoms with E-state index in [1.165, 1.54) is 90.1 Å². The first-order valence-corrected chi connectivity index (χ1v) is 12.6. The second-order valence-corrected chi connectivity index (χ2v) is 11.9. The summed E-state index contributed by atoms with van der Waals surface area (Å²) in [6.07, 6.45) is 16.7. The van der Waals surface area contributed by atoms with Gasteiger partial charge in [-0.3, -0.25) is 9.13 Å². The van der Waals surface area contributed by atoms with Crippen LogP contribution in [0.1, 0.15) is 77.0 Å². The van der Waals surface area contributed by atoms with Crippen LogP contribution in [0.5, 0.6) is 0 Å². The van der Waals surface area contributed by atoms with Gasteiger partial charge in [0, 0.05) is 26.3 Å². The second kappa shape index (κ2) is 7.97. The second-order valence-electron chi connectivity index (χ2n) is 8.85. The molecule has 5 heteroatoms. The van der Waals surface area contributed by atoms with Crippen LogP contribution in [0.2, 0.25) is 0 Å². The summed E-state index contributed by atoms with van der Waals surface area (Å²) in [5.74, 6) is 1.76. The highest BCUT2D eigenvalue weighted by atomic mass is 28.4. The van der Waals surface area contributed by atoms with Gasteiger partial charge in [0.2, 0.25) is 0 Å². The molecule has 2 aliphatic heterocycles. The molecular formula is C20H38N2O2Si. The Labute approximate surface area is 155 Å². The lowest BCUT2D eigenvalue weighted by molar-refractivity contribution is -0.00837. The van der Waals surface area contributed by atoms with Crippen LogP contribution in [0, 0.1) is 11.8 Å². The minimum absolute atomic E-state index is 0.707. The average Bonchev–Trinajstić information content (AvgIpc) is 2.69. The van der Waals surface area contributed by atoms with Gasteiger partial charge >= 0.3 is 8.88 Å². The molecule has 4 rings (SSSR count). The summed E-state index contributed by atoms with van der Waals surface area (Å²) in [6.45, 7) is 2.37. The van der Waals surface area contributed by atoms with Crippen molar-refractivity contribution in [3.05, 3.63) is 0 Å². The zero-order valence-corrected chi connectivity index (χ0v) is 17.4. The Morgan fingerprint density at radius 1 is 0.600 bits per heavy atom. The van der Waals surface area contributed by atoms with Crippen molar-refractivity contribution in [2.24, 2.45) is 11.8 Å². The van der Waals surface area contributed by atoms with Crippen molar-refractivity contribution in [1.82, 2.24) is 9.13 Å². The maximum absolute atomic E-state index is 6.43. The van der Waals surface area contributed by atoms with Gasteiger partial charge in [-0.15, -0.1) is 0 Å². The number of hydrogen-bond acceptors (Lipinski definition) is 4. The maximum atomic E-state index is 6.43. The van der Waals surface area contributed by atoms with E-state index in [-0.39, 0.29) is 0 Å². The van der Waals surface area contributed by atoms with E-state index in [9.17, 15) is 0 Å². The highest BCUT2D eigenvalue weighted by molar-refractivity contribution is 6.61. The molecule has 0 aromatic rings. The summed E-state index contributed by atoms with van der Waals surface area (Å²) in [7, 11) is 1.39. The topological polar surface area (TPSA) is 24.9 Å². The minimum atomic E-state index is -2.49. The van der Waals surface area contributed by atoms with Crippen LogP contribution in [0.3, 0.4) is 0 Å². The third-order valence-corrected chi connectivity index (χ3v) is 11.4. The Hall–Kier alpha value is 0.0569. The van der Waals surface area contributed by atoms with Gasteiger partial charge in [0.05, 0.1) is 0 Å². The quantitative estimate of drug-likeness (QED) is 0.702. The van der Waals surface area contributed by atoms with Crippen molar-refractivity contribution in [2.75, 3.05) is 27.3 Å². The van der Waals surface area contributed by atoms with Crippen LogP contribution in [0.25, 0.3) is 0 Å². The van der Waals surface area contributed by atoms with Crippen molar-refractivity contribution < 1.29 is 8.85 Å². The number of nitrogens with zero attached hydrogens (tertiary/aromatic N) is 2. The number of rotatable bonds is 4. The Bertz CT molecular complexity index is 405. The molecule has 0 aromatic carbocycles. The van der Waals surface area contributed by atoms with Gasteiger partial charge in [-0.1, -0.05) is 25.7 Å². The van der Waals surface area contributed by atoms with E-state index >= 15 is 0 Å². The predicted octanol–water partition coefficient (Wildman–Crippen LogP) is 4.02. The van der Waals surface area contributed by atoms with Crippen LogP contribution < -0.4 is 0 Å². The van der Waals surface area contributed by atoms with Gasteiger partial charge in [-0.05, 0) is 76.3 Å². The van der Waals surface area contributed by atoms with Crippen molar-refractivity contribution in [2.45, 2.75) is 89.1 Å². The molecule has 4 nitrogen and oxygen atoms in total. The van der Waals surface area contributed by atoms with Gasteiger partial charge in [-0.25, -0.2) is 0 Å². The van der Waals surface area contributed by atoms with E-state index in [1.807, 2.05) is 14.2 Å². The monoisotopic (exact) mass is 366 g/mol. The van der Waals surface area contributed by atoms with Crippen LogP contribution in [0.4, 0.5) is 0 Å². The lowest BCUT2D eigenvalue weighted by Crippen LogP contribution is -2.76. The molecule has 0 spiro atoms. The van der Waals surface area contributed by atoms with Crippen molar-refractivity contribution in [1.29, 1.82) is 0 Å². The summed E-state index contributed by atoms with van der Waals surface area (Å²) in [4.78, 5) is 0. The van der Waals surface area contributed by atoms with E-state index in [4.69, 9.17) is 8.85 Å². The van der Waals surface area contributed by atoms with Crippen molar-refractivity contribution in [3.63, 3.8) is 0 Å². The SMILES string of the molecule is CO[Si](OC)(N1CCC[C@@H]2CCCC[C@H]21)N1CCC[C@@H]2CCCC[C@H]21. The van der Waals surface area contributed by atoms with E-state index in [0.717, 1.165) is 11.8 Å². The molecule has 2 saturated carbocycles. The van der Waals surface area contributed by atoms with Gasteiger partial charge in [0.15, 0.2) is 0 Å². The summed E-state index contributed by atoms with van der Waals surface area (Å²) in [6, 6.07) is 1.41. The Kier molecular flexibility index (Phi) is 5.87. The molecule has 0 radical (unpaired) electrons. The van der Waals surface area contributed by atoms with Crippen molar-refractivity contribution in [3.8, 4) is 0 Å². The largest absolute Gasteiger partial charge is 0.522 e. The van der Waals surface area contributed by atoms with E-state index in [2.05, 4.69) is 9.13 Å². The summed E-state index contributed by atoms with van der Waals surface area (Å²) < 4.78 is 18.4. The Morgan fingerprint density at radius 3 is 1.44 bits per heavy atom. The normalized spacial score (nSPS) is 38.2. The molecule has 2 saturated heterocycles. The minimum Gasteiger partial charge on any atom is -0.374 e. The molecule has 0 bridgehead atoms. The number of fused-ring (bicyclic) bond motifs is 2. The summed E-state index contributed by atoms with van der Waals surface area (Å²) >= 11 is 0. The van der Waals surface area contributed by atoms with Crippen LogP contribution in [-0.2, 0) is 8.85 Å². The Balaban J connectivity index is 1.63. The Morgan fingerprint density at radius 2 is 1.00 bits per heavy atom. The van der Waals surface area contributed by atoms with Gasteiger partial charge < -0.3 is 8.85 Å². The lowest BCUT2D eigenvalue weighted by Gasteiger charge is -2.56. The molecule has 2 aliphatic carbocycles. The predicted molar refractivity (Wildman–Crippen MR) is 103 cm³/mol. The number of hydrogen-bond donors (Lipinski definition) is 0. The zero-order chi connectivity index (χ0) is 17.3. The molecule has 2 heterocycles. The first-order chi connectivity index (χ1) is 12.3. The van der Waals surface area contributed by atoms with Crippen LogP contribution in [-0.4, -0.2) is 57.4 Å². The van der Waals surface area contributed by atoms with Crippen LogP contribution >= 0.6 is 0 Å². The molecule has 0 aromatic heterocycles. The molecular weight excluding hydrogens is 328 g/mol. The smallest absolute Gasteiger partial charge is 0.374 e. The molecule has 0 amide bonds. The third-order valence-electron chi connectivity index (χ3n) is 7.74. The lowest BCUT2D eigenvalue weighted by atomic mass is 9.79. The highest BCUT2D eigenvalue weighted by Gasteiger charge is 2.58. The van der Waals surface area contributed by atoms with E-state index in [0.29, 0.717) is 12.1 Å². The van der Waals surface area contributed by atoms with E-state index in [1.54, 1.807) is 0 Å². The average molecular weight is 367 g/mol. The fourth-order valence-corrected chi connectivity index (χ4v) is 10.5. The summed E-state index contributed by atoms with van der Waals surface area (Å²) in [5, 5.41) is 0. The van der Waals surface area contributed by atoms with E-state index < -0.39 is 8.88 Å². The molecule has 25 heavy (non-hydrogen) atoms. The molecule has 0 unspecified atom stereocenters. The molecule has 4 atom stereocenters. The fraction of sp³-hybridized carbons (Fsp3) is 1.00. The first-order valence-electron chi connectivity index (χ1n) is 10.9. The molecule has 144 valence electrons. The molecule has 4 aliphatic rings. The molecule has 0 N–H and O–H groups in total. The maximum Gasteiger partial charge on any atom is 0.522 e. The third kappa shape index (κ3) is 3.24. The first kappa shape index (κ1) is 18.4. The fourth-order valence-electron chi connectivity index (χ4n) is 6.67. The van der Waals surface area contributed by atoms with Crippen molar-refractivity contribution >= 4 is 8.88 Å². The highest BCUT2D eigenvalue weighted by Crippen LogP contribution is 2.43. The summed E-state index contributed by atoms with van der Waals surface area (Å²) in [5.41, 5.74) is 0. The van der Waals surface area contributed by atoms with Gasteiger partial charge in [0.1, 0.15) is 0 Å². The van der Waals surface area contributed by atoms with Gasteiger partial charge in [-0.2, -0.15) is 0 Å². The molecule has 4 fully saturated rings. The van der Waals surface area contributed by atoms with Crippen LogP contribution in [0.15, 0.2) is 0 Å². The standard InChI is InChI=1S/C20H38N2O2Si/c1-23-25(24-2,21-15-7-11-17-9-3-5-13-19(17)21)22-16-8-12-18-10-4-6-14-20(18)22/h17-20H,3-16H2,1-2H3/t17-,18-,19+,20+/m0/s1. The number of piperidine rings is 2. The van der Waals surface area contributed by atoms with Gasteiger partial charge in [0.25, 0.3) is 0 Å².